The molecule has 6 heteroatoms. The first kappa shape index (κ1) is 16.3. The Hall–Kier alpha value is -3.59. The summed E-state index contributed by atoms with van der Waals surface area (Å²) in [5, 5.41) is 15.4. The maximum absolute atomic E-state index is 12.2. The minimum Gasteiger partial charge on any atom is -0.489 e. The molecular weight excluding hydrogens is 318 g/mol. The topological polar surface area (TPSA) is 88.1 Å². The maximum atomic E-state index is 12.2. The van der Waals surface area contributed by atoms with E-state index in [4.69, 9.17) is 14.5 Å². The van der Waals surface area contributed by atoms with Gasteiger partial charge in [0, 0.05) is 17.2 Å². The van der Waals surface area contributed by atoms with Crippen LogP contribution in [0.15, 0.2) is 65.3 Å². The molecular formula is C19H15N3O3. The van der Waals surface area contributed by atoms with Gasteiger partial charge in [0.15, 0.2) is 5.76 Å². The minimum atomic E-state index is -0.237. The van der Waals surface area contributed by atoms with Crippen molar-refractivity contribution in [2.24, 2.45) is 0 Å². The van der Waals surface area contributed by atoms with E-state index in [0.29, 0.717) is 22.6 Å². The number of benzene rings is 2. The van der Waals surface area contributed by atoms with Gasteiger partial charge in [-0.1, -0.05) is 29.4 Å². The first-order chi connectivity index (χ1) is 12.3. The Morgan fingerprint density at radius 3 is 2.88 bits per heavy atom. The smallest absolute Gasteiger partial charge is 0.251 e. The lowest BCUT2D eigenvalue weighted by atomic mass is 10.1. The summed E-state index contributed by atoms with van der Waals surface area (Å²) in [5.74, 6) is 0.896. The van der Waals surface area contributed by atoms with E-state index in [1.165, 1.54) is 6.20 Å². The molecule has 0 bridgehead atoms. The lowest BCUT2D eigenvalue weighted by Gasteiger charge is -2.09. The van der Waals surface area contributed by atoms with Crippen LogP contribution in [-0.2, 0) is 13.2 Å². The summed E-state index contributed by atoms with van der Waals surface area (Å²) in [6, 6.07) is 17.9. The number of carbonyl (C=O) groups excluding carboxylic acids is 1. The molecule has 0 saturated carbocycles. The summed E-state index contributed by atoms with van der Waals surface area (Å²) < 4.78 is 10.7. The van der Waals surface area contributed by atoms with Crippen molar-refractivity contribution in [3.63, 3.8) is 0 Å². The molecule has 3 rings (SSSR count). The third kappa shape index (κ3) is 4.24. The second kappa shape index (κ2) is 7.79. The van der Waals surface area contributed by atoms with Gasteiger partial charge in [-0.15, -0.1) is 0 Å². The van der Waals surface area contributed by atoms with E-state index in [0.717, 1.165) is 5.56 Å². The second-order valence-electron chi connectivity index (χ2n) is 5.25. The summed E-state index contributed by atoms with van der Waals surface area (Å²) in [7, 11) is 0. The minimum absolute atomic E-state index is 0.237. The van der Waals surface area contributed by atoms with Crippen LogP contribution in [0.1, 0.15) is 27.2 Å². The Kier molecular flexibility index (Phi) is 5.07. The van der Waals surface area contributed by atoms with Crippen LogP contribution in [0.3, 0.4) is 0 Å². The number of rotatable bonds is 6. The van der Waals surface area contributed by atoms with Crippen molar-refractivity contribution < 1.29 is 14.1 Å². The number of nitrogens with one attached hydrogen (secondary N) is 1. The van der Waals surface area contributed by atoms with Crippen LogP contribution in [0.5, 0.6) is 5.75 Å². The van der Waals surface area contributed by atoms with E-state index < -0.39 is 0 Å². The lowest BCUT2D eigenvalue weighted by Crippen LogP contribution is -2.22. The van der Waals surface area contributed by atoms with Crippen molar-refractivity contribution in [1.29, 1.82) is 5.26 Å². The lowest BCUT2D eigenvalue weighted by molar-refractivity contribution is 0.0946. The highest BCUT2D eigenvalue weighted by Gasteiger charge is 2.08. The van der Waals surface area contributed by atoms with Crippen molar-refractivity contribution in [3.05, 3.63) is 83.2 Å². The third-order valence-electron chi connectivity index (χ3n) is 3.54. The number of ether oxygens (including phenoxy) is 1. The molecule has 6 nitrogen and oxygen atoms in total. The van der Waals surface area contributed by atoms with E-state index >= 15 is 0 Å². The van der Waals surface area contributed by atoms with Gasteiger partial charge in [0.1, 0.15) is 12.4 Å². The number of hydrogen-bond acceptors (Lipinski definition) is 5. The SMILES string of the molecule is N#Cc1ccccc1COc1cccc(C(=O)NCc2ccno2)c1. The van der Waals surface area contributed by atoms with Gasteiger partial charge >= 0.3 is 0 Å². The Morgan fingerprint density at radius 2 is 2.08 bits per heavy atom. The number of hydrogen-bond donors (Lipinski definition) is 1. The van der Waals surface area contributed by atoms with E-state index in [-0.39, 0.29) is 19.1 Å². The Labute approximate surface area is 144 Å². The number of nitriles is 1. The zero-order chi connectivity index (χ0) is 17.5. The molecule has 1 heterocycles. The predicted octanol–water partition coefficient (Wildman–Crippen LogP) is 3.06. The molecule has 0 spiro atoms. The fourth-order valence-electron chi connectivity index (χ4n) is 2.25. The zero-order valence-corrected chi connectivity index (χ0v) is 13.3. The van der Waals surface area contributed by atoms with E-state index in [9.17, 15) is 4.79 Å². The molecule has 0 atom stereocenters. The fourth-order valence-corrected chi connectivity index (χ4v) is 2.25. The van der Waals surface area contributed by atoms with Gasteiger partial charge in [-0.25, -0.2) is 0 Å². The summed E-state index contributed by atoms with van der Waals surface area (Å²) in [5.41, 5.74) is 1.85. The molecule has 1 N–H and O–H groups in total. The van der Waals surface area contributed by atoms with Crippen LogP contribution in [0, 0.1) is 11.3 Å². The highest BCUT2D eigenvalue weighted by Crippen LogP contribution is 2.17. The Morgan fingerprint density at radius 1 is 1.20 bits per heavy atom. The highest BCUT2D eigenvalue weighted by molar-refractivity contribution is 5.94. The Bertz CT molecular complexity index is 898. The van der Waals surface area contributed by atoms with Crippen LogP contribution in [0.2, 0.25) is 0 Å². The predicted molar refractivity (Wildman–Crippen MR) is 89.6 cm³/mol. The van der Waals surface area contributed by atoms with E-state index in [1.807, 2.05) is 18.2 Å². The first-order valence-corrected chi connectivity index (χ1v) is 7.65. The summed E-state index contributed by atoms with van der Waals surface area (Å²) >= 11 is 0. The normalized spacial score (nSPS) is 10.0. The van der Waals surface area contributed by atoms with Crippen LogP contribution >= 0.6 is 0 Å². The van der Waals surface area contributed by atoms with Crippen molar-refractivity contribution in [2.75, 3.05) is 0 Å². The molecule has 0 unspecified atom stereocenters. The summed E-state index contributed by atoms with van der Waals surface area (Å²) in [6.45, 7) is 0.520. The molecule has 0 aliphatic rings. The van der Waals surface area contributed by atoms with Crippen molar-refractivity contribution >= 4 is 5.91 Å². The van der Waals surface area contributed by atoms with Gasteiger partial charge in [0.25, 0.3) is 5.91 Å². The number of carbonyl (C=O) groups is 1. The second-order valence-corrected chi connectivity index (χ2v) is 5.25. The van der Waals surface area contributed by atoms with E-state index in [2.05, 4.69) is 16.5 Å². The average molecular weight is 333 g/mol. The summed E-state index contributed by atoms with van der Waals surface area (Å²) in [4.78, 5) is 12.2. The standard InChI is InChI=1S/C19H15N3O3/c20-11-15-4-1-2-5-16(15)13-24-17-7-3-6-14(10-17)19(23)21-12-18-8-9-22-25-18/h1-10H,12-13H2,(H,21,23). The monoisotopic (exact) mass is 333 g/mol. The van der Waals surface area contributed by atoms with Crippen LogP contribution in [0.4, 0.5) is 0 Å². The molecule has 0 saturated heterocycles. The Balaban J connectivity index is 1.63. The molecule has 3 aromatic rings. The van der Waals surface area contributed by atoms with Gasteiger partial charge in [-0.2, -0.15) is 5.26 Å². The van der Waals surface area contributed by atoms with E-state index in [1.54, 1.807) is 36.4 Å². The van der Waals surface area contributed by atoms with Crippen LogP contribution in [0.25, 0.3) is 0 Å². The van der Waals surface area contributed by atoms with Gasteiger partial charge in [-0.3, -0.25) is 4.79 Å². The van der Waals surface area contributed by atoms with Gasteiger partial charge in [-0.05, 0) is 24.3 Å². The van der Waals surface area contributed by atoms with Gasteiger partial charge in [0.05, 0.1) is 24.4 Å². The number of nitrogens with zero attached hydrogens (tertiary/aromatic N) is 2. The molecule has 0 radical (unpaired) electrons. The number of amides is 1. The molecule has 0 aliphatic heterocycles. The zero-order valence-electron chi connectivity index (χ0n) is 13.3. The number of aromatic nitrogens is 1. The molecule has 1 aromatic heterocycles. The van der Waals surface area contributed by atoms with Gasteiger partial charge < -0.3 is 14.6 Å². The third-order valence-corrected chi connectivity index (χ3v) is 3.54. The molecule has 0 aliphatic carbocycles. The summed E-state index contributed by atoms with van der Waals surface area (Å²) in [6.07, 6.45) is 1.52. The molecule has 0 fully saturated rings. The quantitative estimate of drug-likeness (QED) is 0.749. The van der Waals surface area contributed by atoms with Crippen molar-refractivity contribution in [2.45, 2.75) is 13.2 Å². The molecule has 1 amide bonds. The largest absolute Gasteiger partial charge is 0.489 e. The van der Waals surface area contributed by atoms with Crippen LogP contribution in [-0.4, -0.2) is 11.1 Å². The molecule has 2 aromatic carbocycles. The highest BCUT2D eigenvalue weighted by atomic mass is 16.5. The van der Waals surface area contributed by atoms with Crippen molar-refractivity contribution in [3.8, 4) is 11.8 Å². The molecule has 25 heavy (non-hydrogen) atoms. The van der Waals surface area contributed by atoms with Gasteiger partial charge in [0.2, 0.25) is 0 Å². The van der Waals surface area contributed by atoms with Crippen LogP contribution < -0.4 is 10.1 Å². The fraction of sp³-hybridized carbons (Fsp3) is 0.105. The first-order valence-electron chi connectivity index (χ1n) is 7.65. The molecule has 124 valence electrons. The van der Waals surface area contributed by atoms with Crippen molar-refractivity contribution in [1.82, 2.24) is 10.5 Å². The average Bonchev–Trinajstić information content (AvgIpc) is 3.18. The maximum Gasteiger partial charge on any atom is 0.251 e.